The van der Waals surface area contributed by atoms with Crippen LogP contribution in [0, 0.1) is 16.5 Å². The van der Waals surface area contributed by atoms with E-state index in [1.54, 1.807) is 0 Å². The molecule has 0 radical (unpaired) electrons. The summed E-state index contributed by atoms with van der Waals surface area (Å²) in [6, 6.07) is 2.67. The van der Waals surface area contributed by atoms with Gasteiger partial charge in [0.2, 0.25) is 0 Å². The molecule has 3 heteroatoms. The Kier molecular flexibility index (Phi) is 3.01. The quantitative estimate of drug-likeness (QED) is 0.773. The zero-order valence-electron chi connectivity index (χ0n) is 9.79. The highest BCUT2D eigenvalue weighted by Gasteiger charge is 2.29. The standard InChI is InChI=1S/C12H20N2S/c1-8(2)6-11-7-12(15)14(13-11)9(3)10-4-5-10/h7-10,13H,4-6H2,1-3H3. The molecule has 1 aromatic heterocycles. The van der Waals surface area contributed by atoms with Crippen LogP contribution in [0.3, 0.4) is 0 Å². The summed E-state index contributed by atoms with van der Waals surface area (Å²) < 4.78 is 3.13. The number of nitrogens with one attached hydrogen (secondary N) is 1. The first-order chi connectivity index (χ1) is 7.08. The lowest BCUT2D eigenvalue weighted by Crippen LogP contribution is -2.09. The van der Waals surface area contributed by atoms with Crippen LogP contribution in [-0.4, -0.2) is 9.78 Å². The minimum Gasteiger partial charge on any atom is -0.301 e. The van der Waals surface area contributed by atoms with E-state index >= 15 is 0 Å². The second kappa shape index (κ2) is 4.12. The van der Waals surface area contributed by atoms with Gasteiger partial charge in [0.15, 0.2) is 0 Å². The Bertz CT molecular complexity index is 385. The molecule has 1 fully saturated rings. The van der Waals surface area contributed by atoms with Crippen molar-refractivity contribution in [3.63, 3.8) is 0 Å². The number of rotatable bonds is 4. The molecule has 1 atom stereocenters. The van der Waals surface area contributed by atoms with Crippen molar-refractivity contribution in [2.75, 3.05) is 0 Å². The van der Waals surface area contributed by atoms with E-state index < -0.39 is 0 Å². The van der Waals surface area contributed by atoms with Crippen molar-refractivity contribution < 1.29 is 0 Å². The van der Waals surface area contributed by atoms with Crippen molar-refractivity contribution >= 4 is 12.2 Å². The zero-order valence-corrected chi connectivity index (χ0v) is 10.6. The first-order valence-corrected chi connectivity index (χ1v) is 6.29. The normalized spacial score (nSPS) is 18.4. The van der Waals surface area contributed by atoms with Gasteiger partial charge in [-0.1, -0.05) is 26.1 Å². The van der Waals surface area contributed by atoms with Gasteiger partial charge in [-0.2, -0.15) is 0 Å². The highest BCUT2D eigenvalue weighted by Crippen LogP contribution is 2.39. The van der Waals surface area contributed by atoms with Gasteiger partial charge < -0.3 is 5.10 Å². The number of hydrogen-bond donors (Lipinski definition) is 1. The van der Waals surface area contributed by atoms with Crippen LogP contribution in [0.1, 0.15) is 45.3 Å². The van der Waals surface area contributed by atoms with Crippen molar-refractivity contribution in [1.29, 1.82) is 0 Å². The van der Waals surface area contributed by atoms with Crippen LogP contribution in [0.5, 0.6) is 0 Å². The molecule has 15 heavy (non-hydrogen) atoms. The van der Waals surface area contributed by atoms with Gasteiger partial charge in [0.1, 0.15) is 4.64 Å². The Morgan fingerprint density at radius 3 is 2.67 bits per heavy atom. The highest BCUT2D eigenvalue weighted by atomic mass is 32.1. The Labute approximate surface area is 96.7 Å². The molecule has 1 unspecified atom stereocenters. The van der Waals surface area contributed by atoms with Crippen LogP contribution in [-0.2, 0) is 6.42 Å². The van der Waals surface area contributed by atoms with Gasteiger partial charge in [0.05, 0.1) is 6.04 Å². The third kappa shape index (κ3) is 2.51. The van der Waals surface area contributed by atoms with E-state index in [2.05, 4.69) is 36.6 Å². The monoisotopic (exact) mass is 224 g/mol. The van der Waals surface area contributed by atoms with Crippen LogP contribution < -0.4 is 0 Å². The third-order valence-electron chi connectivity index (χ3n) is 3.14. The van der Waals surface area contributed by atoms with E-state index in [9.17, 15) is 0 Å². The van der Waals surface area contributed by atoms with E-state index in [0.29, 0.717) is 12.0 Å². The summed E-state index contributed by atoms with van der Waals surface area (Å²) in [6.07, 6.45) is 3.82. The second-order valence-electron chi connectivity index (χ2n) is 5.17. The Balaban J connectivity index is 2.17. The molecule has 0 saturated heterocycles. The summed E-state index contributed by atoms with van der Waals surface area (Å²) in [5, 5.41) is 3.45. The van der Waals surface area contributed by atoms with E-state index in [0.717, 1.165) is 17.0 Å². The van der Waals surface area contributed by atoms with Crippen LogP contribution >= 0.6 is 12.2 Å². The zero-order chi connectivity index (χ0) is 11.0. The van der Waals surface area contributed by atoms with E-state index in [1.807, 2.05) is 0 Å². The smallest absolute Gasteiger partial charge is 0.122 e. The Hall–Kier alpha value is -0.570. The Morgan fingerprint density at radius 1 is 1.47 bits per heavy atom. The van der Waals surface area contributed by atoms with Crippen LogP contribution in [0.25, 0.3) is 0 Å². The number of nitrogens with zero attached hydrogens (tertiary/aromatic N) is 1. The fraction of sp³-hybridized carbons (Fsp3) is 0.750. The van der Waals surface area contributed by atoms with E-state index in [1.165, 1.54) is 18.5 Å². The summed E-state index contributed by atoms with van der Waals surface area (Å²) in [4.78, 5) is 0. The van der Waals surface area contributed by atoms with Gasteiger partial charge in [-0.3, -0.25) is 4.68 Å². The Morgan fingerprint density at radius 2 is 2.13 bits per heavy atom. The molecular formula is C12H20N2S. The van der Waals surface area contributed by atoms with Crippen molar-refractivity contribution in [3.8, 4) is 0 Å². The van der Waals surface area contributed by atoms with Gasteiger partial charge in [0, 0.05) is 5.69 Å². The fourth-order valence-corrected chi connectivity index (χ4v) is 2.45. The van der Waals surface area contributed by atoms with Crippen LogP contribution in [0.2, 0.25) is 0 Å². The lowest BCUT2D eigenvalue weighted by molar-refractivity contribution is 0.430. The molecule has 0 aliphatic heterocycles. The van der Waals surface area contributed by atoms with Crippen LogP contribution in [0.15, 0.2) is 6.07 Å². The minimum atomic E-state index is 0.554. The van der Waals surface area contributed by atoms with Gasteiger partial charge in [-0.05, 0) is 44.1 Å². The molecule has 1 aromatic rings. The predicted molar refractivity (Wildman–Crippen MR) is 65.6 cm³/mol. The fourth-order valence-electron chi connectivity index (χ4n) is 2.10. The molecule has 1 N–H and O–H groups in total. The first kappa shape index (κ1) is 10.9. The summed E-state index contributed by atoms with van der Waals surface area (Å²) in [5.74, 6) is 1.53. The van der Waals surface area contributed by atoms with Gasteiger partial charge in [0.25, 0.3) is 0 Å². The topological polar surface area (TPSA) is 20.7 Å². The highest BCUT2D eigenvalue weighted by molar-refractivity contribution is 7.71. The SMILES string of the molecule is CC(C)Cc1cc(=S)n(C(C)C2CC2)[nH]1. The van der Waals surface area contributed by atoms with E-state index in [4.69, 9.17) is 12.2 Å². The van der Waals surface area contributed by atoms with Crippen molar-refractivity contribution in [1.82, 2.24) is 9.78 Å². The molecule has 0 bridgehead atoms. The number of aromatic amines is 1. The second-order valence-corrected chi connectivity index (χ2v) is 5.58. The molecule has 2 rings (SSSR count). The summed E-state index contributed by atoms with van der Waals surface area (Å²) in [5.41, 5.74) is 1.28. The predicted octanol–water partition coefficient (Wildman–Crippen LogP) is 3.72. The van der Waals surface area contributed by atoms with Gasteiger partial charge >= 0.3 is 0 Å². The average Bonchev–Trinajstić information content (AvgIpc) is 2.90. The van der Waals surface area contributed by atoms with Gasteiger partial charge in [-0.25, -0.2) is 0 Å². The van der Waals surface area contributed by atoms with Crippen molar-refractivity contribution in [3.05, 3.63) is 16.4 Å². The molecule has 1 aliphatic rings. The van der Waals surface area contributed by atoms with Crippen LogP contribution in [0.4, 0.5) is 0 Å². The molecule has 84 valence electrons. The maximum atomic E-state index is 5.38. The molecule has 1 aliphatic carbocycles. The first-order valence-electron chi connectivity index (χ1n) is 5.88. The molecule has 0 spiro atoms. The lowest BCUT2D eigenvalue weighted by Gasteiger charge is -2.12. The number of hydrogen-bond acceptors (Lipinski definition) is 1. The third-order valence-corrected chi connectivity index (χ3v) is 3.45. The molecule has 2 nitrogen and oxygen atoms in total. The number of H-pyrrole nitrogens is 1. The molecule has 0 aromatic carbocycles. The average molecular weight is 224 g/mol. The molecule has 0 amide bonds. The summed E-state index contributed by atoms with van der Waals surface area (Å²) in [6.45, 7) is 6.74. The maximum absolute atomic E-state index is 5.38. The maximum Gasteiger partial charge on any atom is 0.122 e. The van der Waals surface area contributed by atoms with Crippen molar-refractivity contribution in [2.24, 2.45) is 11.8 Å². The van der Waals surface area contributed by atoms with E-state index in [-0.39, 0.29) is 0 Å². The lowest BCUT2D eigenvalue weighted by atomic mass is 10.1. The largest absolute Gasteiger partial charge is 0.301 e. The molecule has 1 saturated carbocycles. The minimum absolute atomic E-state index is 0.554. The van der Waals surface area contributed by atoms with Gasteiger partial charge in [-0.15, -0.1) is 0 Å². The van der Waals surface area contributed by atoms with Crippen molar-refractivity contribution in [2.45, 2.75) is 46.1 Å². The molecular weight excluding hydrogens is 204 g/mol. The number of aromatic nitrogens is 2. The summed E-state index contributed by atoms with van der Waals surface area (Å²) in [7, 11) is 0. The summed E-state index contributed by atoms with van der Waals surface area (Å²) >= 11 is 5.38. The molecule has 1 heterocycles.